The SMILES string of the molecule is CN(C)CCCNc1ccc(S(=O)(=O)NC(=O)c2ccc(N3CCN(CC4=C(c5ccc(Cl)cc5)CC(C)(C)CC4)CC3)cc2Oc2ccc3[nH]ccc3c2)cc1C#N. The van der Waals surface area contributed by atoms with E-state index in [-0.39, 0.29) is 27.2 Å². The second-order valence-corrected chi connectivity index (χ2v) is 18.7. The lowest BCUT2D eigenvalue weighted by molar-refractivity contribution is 0.0979. The van der Waals surface area contributed by atoms with Crippen LogP contribution in [-0.4, -0.2) is 89.0 Å². The summed E-state index contributed by atoms with van der Waals surface area (Å²) in [6, 6.07) is 27.3. The number of nitriles is 1. The molecular weight excluding hydrogens is 782 g/mol. The minimum absolute atomic E-state index is 0.0618. The largest absolute Gasteiger partial charge is 0.456 e. The Hall–Kier alpha value is -5.32. The van der Waals surface area contributed by atoms with Gasteiger partial charge in [-0.15, -0.1) is 0 Å². The lowest BCUT2D eigenvalue weighted by Crippen LogP contribution is -2.47. The zero-order chi connectivity index (χ0) is 41.7. The summed E-state index contributed by atoms with van der Waals surface area (Å²) in [4.78, 5) is 23.7. The molecule has 7 rings (SSSR count). The monoisotopic (exact) mass is 833 g/mol. The molecule has 0 saturated carbocycles. The molecule has 2 aliphatic rings. The van der Waals surface area contributed by atoms with Gasteiger partial charge in [0.05, 0.1) is 21.7 Å². The van der Waals surface area contributed by atoms with Crippen molar-refractivity contribution in [3.63, 3.8) is 0 Å². The number of fused-ring (bicyclic) bond motifs is 1. The summed E-state index contributed by atoms with van der Waals surface area (Å²) in [6.45, 7) is 10.3. The summed E-state index contributed by atoms with van der Waals surface area (Å²) >= 11 is 6.24. The summed E-state index contributed by atoms with van der Waals surface area (Å²) in [6.07, 6.45) is 5.94. The maximum Gasteiger partial charge on any atom is 0.268 e. The van der Waals surface area contributed by atoms with E-state index >= 15 is 0 Å². The van der Waals surface area contributed by atoms with Gasteiger partial charge in [0.1, 0.15) is 17.6 Å². The highest BCUT2D eigenvalue weighted by atomic mass is 35.5. The van der Waals surface area contributed by atoms with E-state index in [1.165, 1.54) is 28.8 Å². The first-order valence-corrected chi connectivity index (χ1v) is 22.0. The van der Waals surface area contributed by atoms with E-state index in [4.69, 9.17) is 16.3 Å². The van der Waals surface area contributed by atoms with Gasteiger partial charge in [-0.2, -0.15) is 5.26 Å². The Bertz CT molecular complexity index is 2500. The molecule has 0 atom stereocenters. The molecule has 308 valence electrons. The number of aromatic nitrogens is 1. The van der Waals surface area contributed by atoms with E-state index in [9.17, 15) is 18.5 Å². The number of rotatable bonds is 14. The number of benzene rings is 4. The lowest BCUT2D eigenvalue weighted by atomic mass is 9.72. The Labute approximate surface area is 352 Å². The van der Waals surface area contributed by atoms with Gasteiger partial charge in [0.2, 0.25) is 0 Å². The number of allylic oxidation sites excluding steroid dienone is 1. The first-order valence-electron chi connectivity index (χ1n) is 20.1. The molecular formula is C46H52ClN7O4S. The normalized spacial score (nSPS) is 16.0. The van der Waals surface area contributed by atoms with Gasteiger partial charge in [0.25, 0.3) is 15.9 Å². The van der Waals surface area contributed by atoms with Crippen molar-refractivity contribution in [2.45, 2.75) is 44.4 Å². The molecule has 1 fully saturated rings. The number of H-pyrrole nitrogens is 1. The highest BCUT2D eigenvalue weighted by Gasteiger charge is 2.30. The first-order chi connectivity index (χ1) is 28.3. The molecule has 0 spiro atoms. The predicted molar refractivity (Wildman–Crippen MR) is 237 cm³/mol. The topological polar surface area (TPSA) is 134 Å². The molecule has 13 heteroatoms. The van der Waals surface area contributed by atoms with Crippen molar-refractivity contribution < 1.29 is 17.9 Å². The van der Waals surface area contributed by atoms with Crippen LogP contribution in [0.2, 0.25) is 5.02 Å². The number of aromatic amines is 1. The molecule has 5 aromatic rings. The third-order valence-corrected chi connectivity index (χ3v) is 12.8. The molecule has 4 aromatic carbocycles. The third-order valence-electron chi connectivity index (χ3n) is 11.2. The van der Waals surface area contributed by atoms with Crippen LogP contribution in [0, 0.1) is 16.7 Å². The van der Waals surface area contributed by atoms with E-state index in [1.807, 2.05) is 68.8 Å². The lowest BCUT2D eigenvalue weighted by Gasteiger charge is -2.39. The molecule has 0 radical (unpaired) electrons. The van der Waals surface area contributed by atoms with Gasteiger partial charge in [-0.1, -0.05) is 43.2 Å². The van der Waals surface area contributed by atoms with Gasteiger partial charge in [-0.05, 0) is 130 Å². The van der Waals surface area contributed by atoms with E-state index in [0.717, 1.165) is 86.6 Å². The average molecular weight is 834 g/mol. The van der Waals surface area contributed by atoms with Crippen molar-refractivity contribution in [3.05, 3.63) is 118 Å². The Morgan fingerprint density at radius 1 is 0.983 bits per heavy atom. The van der Waals surface area contributed by atoms with Crippen LogP contribution in [0.5, 0.6) is 11.5 Å². The number of nitrogens with zero attached hydrogens (tertiary/aromatic N) is 4. The number of anilines is 2. The smallest absolute Gasteiger partial charge is 0.268 e. The fraction of sp³-hybridized carbons (Fsp3) is 0.348. The van der Waals surface area contributed by atoms with Crippen molar-refractivity contribution in [3.8, 4) is 17.6 Å². The maximum absolute atomic E-state index is 13.9. The Morgan fingerprint density at radius 3 is 2.51 bits per heavy atom. The second-order valence-electron chi connectivity index (χ2n) is 16.5. The van der Waals surface area contributed by atoms with E-state index in [1.54, 1.807) is 12.1 Å². The second kappa shape index (κ2) is 17.9. The number of ether oxygens (including phenoxy) is 1. The molecule has 1 aromatic heterocycles. The van der Waals surface area contributed by atoms with Crippen LogP contribution < -0.4 is 19.7 Å². The number of nitrogens with one attached hydrogen (secondary N) is 3. The quantitative estimate of drug-likeness (QED) is 0.0940. The fourth-order valence-corrected chi connectivity index (χ4v) is 9.01. The van der Waals surface area contributed by atoms with Crippen molar-refractivity contribution in [1.82, 2.24) is 19.5 Å². The van der Waals surface area contributed by atoms with Crippen molar-refractivity contribution in [2.75, 3.05) is 70.1 Å². The van der Waals surface area contributed by atoms with Crippen molar-refractivity contribution >= 4 is 55.4 Å². The van der Waals surface area contributed by atoms with Crippen LogP contribution in [0.1, 0.15) is 61.0 Å². The number of amides is 1. The molecule has 1 aliphatic heterocycles. The summed E-state index contributed by atoms with van der Waals surface area (Å²) in [5.41, 5.74) is 6.98. The van der Waals surface area contributed by atoms with E-state index in [2.05, 4.69) is 61.8 Å². The zero-order valence-electron chi connectivity index (χ0n) is 34.1. The van der Waals surface area contributed by atoms with Crippen LogP contribution in [0.25, 0.3) is 16.5 Å². The molecule has 3 N–H and O–H groups in total. The third kappa shape index (κ3) is 10.3. The zero-order valence-corrected chi connectivity index (χ0v) is 35.7. The molecule has 2 heterocycles. The predicted octanol–water partition coefficient (Wildman–Crippen LogP) is 8.75. The maximum atomic E-state index is 13.9. The van der Waals surface area contributed by atoms with Crippen molar-refractivity contribution in [1.29, 1.82) is 5.26 Å². The van der Waals surface area contributed by atoms with Gasteiger partial charge in [0, 0.05) is 73.1 Å². The summed E-state index contributed by atoms with van der Waals surface area (Å²) < 4.78 is 35.9. The minimum atomic E-state index is -4.35. The standard InChI is InChI=1S/C46H52ClN7O4S/c1-46(2)18-16-34(41(29-46)32-6-8-36(47)9-7-32)31-53-22-24-54(25-23-53)37-10-13-40(44(28-37)58-38-11-14-42-33(26-38)17-20-50-42)45(55)51-59(56,57)39-12-15-43(35(27-39)30-48)49-19-5-21-52(3)4/h6-15,17,20,26-28,49-50H,5,16,18-19,21-25,29,31H2,1-4H3,(H,51,55). The highest BCUT2D eigenvalue weighted by molar-refractivity contribution is 7.90. The van der Waals surface area contributed by atoms with Crippen LogP contribution in [0.3, 0.4) is 0 Å². The summed E-state index contributed by atoms with van der Waals surface area (Å²) in [5.74, 6) is -0.113. The summed E-state index contributed by atoms with van der Waals surface area (Å²) in [7, 11) is -0.385. The van der Waals surface area contributed by atoms with Gasteiger partial charge in [-0.3, -0.25) is 9.69 Å². The minimum Gasteiger partial charge on any atom is -0.456 e. The van der Waals surface area contributed by atoms with Crippen LogP contribution in [-0.2, 0) is 10.0 Å². The number of carbonyl (C=O) groups excluding carboxylic acids is 1. The van der Waals surface area contributed by atoms with Crippen molar-refractivity contribution in [2.24, 2.45) is 5.41 Å². The number of carbonyl (C=O) groups is 1. The summed E-state index contributed by atoms with van der Waals surface area (Å²) in [5, 5.41) is 14.7. The number of hydrogen-bond donors (Lipinski definition) is 3. The number of halogens is 1. The first kappa shape index (κ1) is 41.8. The molecule has 59 heavy (non-hydrogen) atoms. The van der Waals surface area contributed by atoms with Gasteiger partial charge < -0.3 is 24.8 Å². The van der Waals surface area contributed by atoms with Gasteiger partial charge in [-0.25, -0.2) is 13.1 Å². The van der Waals surface area contributed by atoms with E-state index < -0.39 is 15.9 Å². The number of hydrogen-bond acceptors (Lipinski definition) is 9. The van der Waals surface area contributed by atoms with E-state index in [0.29, 0.717) is 18.0 Å². The molecule has 0 bridgehead atoms. The number of piperazine rings is 1. The average Bonchev–Trinajstić information content (AvgIpc) is 3.68. The van der Waals surface area contributed by atoms with Gasteiger partial charge >= 0.3 is 0 Å². The highest BCUT2D eigenvalue weighted by Crippen LogP contribution is 2.43. The van der Waals surface area contributed by atoms with Crippen LogP contribution in [0.4, 0.5) is 11.4 Å². The number of sulfonamides is 1. The molecule has 1 amide bonds. The Balaban J connectivity index is 1.09. The van der Waals surface area contributed by atoms with Crippen LogP contribution >= 0.6 is 11.6 Å². The molecule has 1 saturated heterocycles. The molecule has 11 nitrogen and oxygen atoms in total. The fourth-order valence-electron chi connectivity index (χ4n) is 7.89. The molecule has 0 unspecified atom stereocenters. The Kier molecular flexibility index (Phi) is 12.7. The van der Waals surface area contributed by atoms with Gasteiger partial charge in [0.15, 0.2) is 0 Å². The Morgan fingerprint density at radius 2 is 1.76 bits per heavy atom. The molecule has 1 aliphatic carbocycles. The van der Waals surface area contributed by atoms with Crippen LogP contribution in [0.15, 0.2) is 102 Å².